The van der Waals surface area contributed by atoms with Crippen LogP contribution in [0.4, 0.5) is 5.13 Å². The second kappa shape index (κ2) is 15.7. The summed E-state index contributed by atoms with van der Waals surface area (Å²) in [6.45, 7) is 5.98. The van der Waals surface area contributed by atoms with Crippen LogP contribution in [-0.2, 0) is 14.4 Å². The van der Waals surface area contributed by atoms with Crippen molar-refractivity contribution in [1.82, 2.24) is 20.4 Å². The average molecular weight is 515 g/mol. The monoisotopic (exact) mass is 514 g/mol. The van der Waals surface area contributed by atoms with Gasteiger partial charge in [-0.05, 0) is 31.6 Å². The predicted octanol–water partition coefficient (Wildman–Crippen LogP) is 2.52. The van der Waals surface area contributed by atoms with Crippen molar-refractivity contribution in [3.63, 3.8) is 0 Å². The minimum atomic E-state index is -0.951. The number of nitrogens with zero attached hydrogens (tertiary/aromatic N) is 6. The summed E-state index contributed by atoms with van der Waals surface area (Å²) in [4.78, 5) is 51.9. The smallest absolute Gasteiger partial charge is 0.248 e. The number of thiazole rings is 1. The molecule has 0 saturated carbocycles. The van der Waals surface area contributed by atoms with Crippen molar-refractivity contribution in [3.05, 3.63) is 21.7 Å². The van der Waals surface area contributed by atoms with Gasteiger partial charge < -0.3 is 20.7 Å². The van der Waals surface area contributed by atoms with E-state index in [0.29, 0.717) is 35.9 Å². The van der Waals surface area contributed by atoms with Gasteiger partial charge in [-0.2, -0.15) is 5.01 Å². The minimum absolute atomic E-state index is 0.0911. The summed E-state index contributed by atoms with van der Waals surface area (Å²) < 4.78 is 0. The number of carbonyl (C=O) groups excluding carboxylic acids is 3. The van der Waals surface area contributed by atoms with Crippen molar-refractivity contribution in [3.8, 4) is 0 Å². The molecule has 0 radical (unpaired) electrons. The number of carbonyl (C=O) groups is 3. The molecule has 0 spiro atoms. The maximum absolute atomic E-state index is 13.3. The van der Waals surface area contributed by atoms with Gasteiger partial charge in [0.05, 0.1) is 23.5 Å². The first-order valence-corrected chi connectivity index (χ1v) is 12.2. The van der Waals surface area contributed by atoms with E-state index in [1.807, 2.05) is 20.8 Å². The molecule has 1 aromatic rings. The molecule has 0 aliphatic carbocycles. The number of rotatable bonds is 17. The van der Waals surface area contributed by atoms with Crippen LogP contribution in [-0.4, -0.2) is 69.2 Å². The molecule has 3 N–H and O–H groups in total. The van der Waals surface area contributed by atoms with Crippen LogP contribution >= 0.6 is 11.3 Å². The van der Waals surface area contributed by atoms with Gasteiger partial charge >= 0.3 is 0 Å². The molecule has 0 aliphatic rings. The Balaban J connectivity index is 3.02. The molecular weight excluding hydrogens is 480 g/mol. The van der Waals surface area contributed by atoms with E-state index in [2.05, 4.69) is 26.1 Å². The molecule has 35 heavy (non-hydrogen) atoms. The van der Waals surface area contributed by atoms with Gasteiger partial charge in [-0.25, -0.2) is 10.0 Å². The highest BCUT2D eigenvalue weighted by Crippen LogP contribution is 2.23. The third-order valence-corrected chi connectivity index (χ3v) is 5.78. The molecule has 3 amide bonds. The lowest BCUT2D eigenvalue weighted by molar-refractivity contribution is -0.496. The van der Waals surface area contributed by atoms with Gasteiger partial charge in [-0.3, -0.25) is 19.6 Å². The van der Waals surface area contributed by atoms with Crippen LogP contribution in [0.5, 0.6) is 0 Å². The summed E-state index contributed by atoms with van der Waals surface area (Å²) in [6, 6.07) is -1.69. The molecule has 1 heterocycles. The first-order valence-electron chi connectivity index (χ1n) is 11.3. The van der Waals surface area contributed by atoms with Gasteiger partial charge in [0.25, 0.3) is 0 Å². The van der Waals surface area contributed by atoms with Crippen LogP contribution in [0.3, 0.4) is 0 Å². The second-order valence-corrected chi connectivity index (χ2v) is 9.30. The number of hydrogen-bond donors (Lipinski definition) is 3. The number of nitro groups is 1. The Morgan fingerprint density at radius 2 is 2.06 bits per heavy atom. The summed E-state index contributed by atoms with van der Waals surface area (Å²) >= 11 is 1.22. The van der Waals surface area contributed by atoms with E-state index in [1.165, 1.54) is 29.6 Å². The van der Waals surface area contributed by atoms with Gasteiger partial charge in [0.2, 0.25) is 23.4 Å². The molecule has 14 nitrogen and oxygen atoms in total. The van der Waals surface area contributed by atoms with Gasteiger partial charge in [0, 0.05) is 18.6 Å². The van der Waals surface area contributed by atoms with Crippen molar-refractivity contribution >= 4 is 34.7 Å². The summed E-state index contributed by atoms with van der Waals surface area (Å²) in [5, 5.41) is 35.0. The molecule has 3 atom stereocenters. The topological polar surface area (TPSA) is 183 Å². The normalized spacial score (nSPS) is 13.8. The third-order valence-electron chi connectivity index (χ3n) is 5.09. The zero-order valence-corrected chi connectivity index (χ0v) is 21.2. The lowest BCUT2D eigenvalue weighted by Crippen LogP contribution is -2.51. The number of hydrogen-bond acceptors (Lipinski definition) is 9. The molecule has 15 heteroatoms. The predicted molar refractivity (Wildman–Crippen MR) is 128 cm³/mol. The summed E-state index contributed by atoms with van der Waals surface area (Å²) in [5.74, 6) is -1.58. The quantitative estimate of drug-likeness (QED) is 0.0931. The summed E-state index contributed by atoms with van der Waals surface area (Å²) in [7, 11) is 1.50. The molecular formula is C20H34N8O6S. The number of nitrogens with one attached hydrogen (secondary N) is 2. The van der Waals surface area contributed by atoms with E-state index < -0.39 is 34.8 Å². The molecule has 0 bridgehead atoms. The van der Waals surface area contributed by atoms with E-state index in [0.717, 1.165) is 0 Å². The highest BCUT2D eigenvalue weighted by molar-refractivity contribution is 7.13. The number of amides is 3. The highest BCUT2D eigenvalue weighted by atomic mass is 32.1. The zero-order chi connectivity index (χ0) is 26.4. The van der Waals surface area contributed by atoms with Crippen LogP contribution in [0.25, 0.3) is 0 Å². The Morgan fingerprint density at radius 3 is 2.60 bits per heavy atom. The molecule has 0 saturated heterocycles. The van der Waals surface area contributed by atoms with Gasteiger partial charge in [0.15, 0.2) is 10.4 Å². The van der Waals surface area contributed by atoms with E-state index in [9.17, 15) is 29.7 Å². The van der Waals surface area contributed by atoms with Crippen LogP contribution in [0.1, 0.15) is 52.9 Å². The maximum atomic E-state index is 13.3. The molecule has 0 unspecified atom stereocenters. The minimum Gasteiger partial charge on any atom is -0.344 e. The molecule has 0 fully saturated rings. The fourth-order valence-corrected chi connectivity index (χ4v) is 4.07. The van der Waals surface area contributed by atoms with Gasteiger partial charge in [-0.15, -0.1) is 11.3 Å². The van der Waals surface area contributed by atoms with Crippen LogP contribution < -0.4 is 10.6 Å². The lowest BCUT2D eigenvalue weighted by Gasteiger charge is -2.32. The van der Waals surface area contributed by atoms with Crippen molar-refractivity contribution in [2.45, 2.75) is 65.0 Å². The Kier molecular flexibility index (Phi) is 13.3. The van der Waals surface area contributed by atoms with Crippen molar-refractivity contribution in [2.24, 2.45) is 22.3 Å². The molecule has 0 aromatic carbocycles. The summed E-state index contributed by atoms with van der Waals surface area (Å²) in [6.07, 6.45) is 3.81. The standard InChI is InChI=1S/C20H34N8O6S/c1-5-7-17(27(32)13-29)15(12-14(2)3)18(30)22-16(19(31)23-20-21-9-11-35-20)8-6-10-26(4)24-25-28(33)34/h9,11,13-17,32H,5-8,10,12H2,1-4H3,(H,22,30)(H,21,23,31)/t15-,16+,17+/m1/s1. The SMILES string of the molecule is CCC[C@@H]([C@@H](CC(C)C)C(=O)N[C@@H](CCCN(C)N=N[N+](=O)[O-])C(=O)Nc1nccs1)N(O)C=O. The molecule has 1 rings (SSSR count). The molecule has 0 aliphatic heterocycles. The van der Waals surface area contributed by atoms with E-state index in [1.54, 1.807) is 5.38 Å². The number of hydroxylamine groups is 2. The Bertz CT molecular complexity index is 838. The van der Waals surface area contributed by atoms with Crippen LogP contribution in [0.2, 0.25) is 0 Å². The Morgan fingerprint density at radius 1 is 1.34 bits per heavy atom. The van der Waals surface area contributed by atoms with Gasteiger partial charge in [0.1, 0.15) is 6.04 Å². The highest BCUT2D eigenvalue weighted by Gasteiger charge is 2.34. The van der Waals surface area contributed by atoms with Crippen molar-refractivity contribution in [1.29, 1.82) is 0 Å². The molecule has 1 aromatic heterocycles. The fraction of sp³-hybridized carbons (Fsp3) is 0.700. The first kappa shape index (κ1) is 29.8. The largest absolute Gasteiger partial charge is 0.344 e. The number of anilines is 1. The average Bonchev–Trinajstić information content (AvgIpc) is 3.31. The maximum Gasteiger partial charge on any atom is 0.248 e. The zero-order valence-electron chi connectivity index (χ0n) is 20.4. The summed E-state index contributed by atoms with van der Waals surface area (Å²) in [5.41, 5.74) is 0. The van der Waals surface area contributed by atoms with E-state index >= 15 is 0 Å². The van der Waals surface area contributed by atoms with Crippen LogP contribution in [0.15, 0.2) is 22.0 Å². The second-order valence-electron chi connectivity index (χ2n) is 8.41. The Hall–Kier alpha value is -3.20. The number of aromatic nitrogens is 1. The van der Waals surface area contributed by atoms with E-state index in [4.69, 9.17) is 0 Å². The molecule has 196 valence electrons. The van der Waals surface area contributed by atoms with E-state index in [-0.39, 0.29) is 25.3 Å². The fourth-order valence-electron chi connectivity index (χ4n) is 3.53. The third kappa shape index (κ3) is 11.2. The van der Waals surface area contributed by atoms with Crippen molar-refractivity contribution < 1.29 is 24.6 Å². The van der Waals surface area contributed by atoms with Crippen molar-refractivity contribution in [2.75, 3.05) is 18.9 Å². The van der Waals surface area contributed by atoms with Crippen LogP contribution in [0, 0.1) is 22.0 Å². The first-order chi connectivity index (χ1) is 16.6. The lowest BCUT2D eigenvalue weighted by atomic mass is 9.86. The Labute approximate surface area is 207 Å². The van der Waals surface area contributed by atoms with Gasteiger partial charge in [-0.1, -0.05) is 27.2 Å².